The molecule has 1 aliphatic rings. The fourth-order valence-electron chi connectivity index (χ4n) is 2.96. The maximum absolute atomic E-state index is 12.8. The Morgan fingerprint density at radius 1 is 1.23 bits per heavy atom. The molecule has 1 unspecified atom stereocenters. The summed E-state index contributed by atoms with van der Waals surface area (Å²) in [6.45, 7) is 2.73. The summed E-state index contributed by atoms with van der Waals surface area (Å²) in [5.74, 6) is -0.110. The average molecular weight is 373 g/mol. The second-order valence-electron chi connectivity index (χ2n) is 5.82. The Morgan fingerprint density at radius 3 is 2.69 bits per heavy atom. The maximum Gasteiger partial charge on any atom is 0.248 e. The summed E-state index contributed by atoms with van der Waals surface area (Å²) in [5, 5.41) is 0.592. The summed E-state index contributed by atoms with van der Waals surface area (Å²) in [7, 11) is 1.57. The minimum Gasteiger partial charge on any atom is -0.354 e. The lowest BCUT2D eigenvalue weighted by molar-refractivity contribution is -0.126. The number of nitrogens with zero attached hydrogens (tertiary/aromatic N) is 2. The predicted molar refractivity (Wildman–Crippen MR) is 103 cm³/mol. The molecular formula is C20H21ClN2O3. The Hall–Kier alpha value is -2.21. The summed E-state index contributed by atoms with van der Waals surface area (Å²) in [5.41, 5.74) is 3.27. The standard InChI is InChI=1S/C20H21ClN2O3/c1-3-26-19(25-2)13-23-17-10-9-15(21)11-16(17)20(22-12-18(23)24)14-7-5-4-6-8-14/h4-11,19H,3,12-13H2,1-2H3. The average Bonchev–Trinajstić information content (AvgIpc) is 2.79. The quantitative estimate of drug-likeness (QED) is 0.729. The number of rotatable bonds is 6. The molecule has 1 heterocycles. The topological polar surface area (TPSA) is 51.1 Å². The lowest BCUT2D eigenvalue weighted by Gasteiger charge is -2.27. The molecule has 0 aliphatic carbocycles. The Morgan fingerprint density at radius 2 is 2.00 bits per heavy atom. The van der Waals surface area contributed by atoms with Crippen molar-refractivity contribution in [1.29, 1.82) is 0 Å². The highest BCUT2D eigenvalue weighted by Gasteiger charge is 2.27. The van der Waals surface area contributed by atoms with Crippen molar-refractivity contribution < 1.29 is 14.3 Å². The summed E-state index contributed by atoms with van der Waals surface area (Å²) >= 11 is 6.24. The molecule has 0 N–H and O–H groups in total. The first-order valence-corrected chi connectivity index (χ1v) is 8.86. The lowest BCUT2D eigenvalue weighted by atomic mass is 10.00. The molecule has 0 spiro atoms. The zero-order valence-corrected chi connectivity index (χ0v) is 15.6. The zero-order valence-electron chi connectivity index (χ0n) is 14.8. The van der Waals surface area contributed by atoms with Gasteiger partial charge in [0.1, 0.15) is 6.54 Å². The van der Waals surface area contributed by atoms with E-state index in [-0.39, 0.29) is 19.0 Å². The van der Waals surface area contributed by atoms with Crippen LogP contribution < -0.4 is 4.90 Å². The first kappa shape index (κ1) is 18.6. The third-order valence-electron chi connectivity index (χ3n) is 4.17. The van der Waals surface area contributed by atoms with E-state index in [1.165, 1.54) is 0 Å². The van der Waals surface area contributed by atoms with Gasteiger partial charge in [0.05, 0.1) is 17.9 Å². The Labute approximate surface area is 158 Å². The number of carbonyl (C=O) groups excluding carboxylic acids is 1. The number of hydrogen-bond donors (Lipinski definition) is 0. The molecule has 136 valence electrons. The van der Waals surface area contributed by atoms with Crippen LogP contribution in [-0.4, -0.2) is 44.7 Å². The number of methoxy groups -OCH3 is 1. The van der Waals surface area contributed by atoms with Crippen LogP contribution in [-0.2, 0) is 14.3 Å². The highest BCUT2D eigenvalue weighted by atomic mass is 35.5. The molecule has 0 aromatic heterocycles. The van der Waals surface area contributed by atoms with Gasteiger partial charge in [0.2, 0.25) is 5.91 Å². The van der Waals surface area contributed by atoms with Gasteiger partial charge in [-0.15, -0.1) is 0 Å². The summed E-state index contributed by atoms with van der Waals surface area (Å²) in [6, 6.07) is 15.3. The SMILES string of the molecule is CCOC(CN1C(=O)CN=C(c2ccccc2)c2cc(Cl)ccc21)OC. The number of carbonyl (C=O) groups is 1. The van der Waals surface area contributed by atoms with Crippen LogP contribution in [0, 0.1) is 0 Å². The van der Waals surface area contributed by atoms with Gasteiger partial charge in [-0.05, 0) is 25.1 Å². The first-order chi connectivity index (χ1) is 12.6. The third-order valence-corrected chi connectivity index (χ3v) is 4.41. The molecule has 1 amide bonds. The van der Waals surface area contributed by atoms with Crippen LogP contribution in [0.1, 0.15) is 18.1 Å². The molecule has 0 radical (unpaired) electrons. The van der Waals surface area contributed by atoms with Gasteiger partial charge >= 0.3 is 0 Å². The van der Waals surface area contributed by atoms with E-state index in [9.17, 15) is 4.79 Å². The zero-order chi connectivity index (χ0) is 18.5. The maximum atomic E-state index is 12.8. The van der Waals surface area contributed by atoms with Crippen molar-refractivity contribution in [3.05, 3.63) is 64.7 Å². The highest BCUT2D eigenvalue weighted by molar-refractivity contribution is 6.32. The first-order valence-electron chi connectivity index (χ1n) is 8.48. The summed E-state index contributed by atoms with van der Waals surface area (Å²) in [6.07, 6.45) is -0.509. The van der Waals surface area contributed by atoms with Crippen molar-refractivity contribution in [2.75, 3.05) is 31.7 Å². The highest BCUT2D eigenvalue weighted by Crippen LogP contribution is 2.30. The molecule has 5 nitrogen and oxygen atoms in total. The van der Waals surface area contributed by atoms with Crippen LogP contribution in [0.4, 0.5) is 5.69 Å². The monoisotopic (exact) mass is 372 g/mol. The molecule has 1 aliphatic heterocycles. The largest absolute Gasteiger partial charge is 0.354 e. The van der Waals surface area contributed by atoms with E-state index < -0.39 is 6.29 Å². The minimum absolute atomic E-state index is 0.0546. The molecule has 2 aromatic rings. The van der Waals surface area contributed by atoms with Gasteiger partial charge in [0, 0.05) is 29.9 Å². The Kier molecular flexibility index (Phi) is 6.04. The molecule has 6 heteroatoms. The van der Waals surface area contributed by atoms with Crippen molar-refractivity contribution >= 4 is 28.9 Å². The molecule has 0 saturated heterocycles. The molecule has 0 saturated carbocycles. The van der Waals surface area contributed by atoms with Crippen LogP contribution in [0.2, 0.25) is 5.02 Å². The van der Waals surface area contributed by atoms with Crippen LogP contribution in [0.15, 0.2) is 53.5 Å². The van der Waals surface area contributed by atoms with E-state index in [0.29, 0.717) is 11.6 Å². The number of amides is 1. The number of ether oxygens (including phenoxy) is 2. The van der Waals surface area contributed by atoms with E-state index in [4.69, 9.17) is 21.1 Å². The van der Waals surface area contributed by atoms with Crippen LogP contribution in [0.25, 0.3) is 0 Å². The second kappa shape index (κ2) is 8.45. The Bertz CT molecular complexity index is 808. The van der Waals surface area contributed by atoms with Crippen molar-refractivity contribution in [2.24, 2.45) is 4.99 Å². The number of halogens is 1. The van der Waals surface area contributed by atoms with E-state index in [1.807, 2.05) is 49.4 Å². The van der Waals surface area contributed by atoms with Gasteiger partial charge in [-0.3, -0.25) is 9.79 Å². The van der Waals surface area contributed by atoms with Crippen LogP contribution in [0.5, 0.6) is 0 Å². The lowest BCUT2D eigenvalue weighted by Crippen LogP contribution is -2.40. The van der Waals surface area contributed by atoms with Crippen LogP contribution >= 0.6 is 11.6 Å². The van der Waals surface area contributed by atoms with Gasteiger partial charge in [-0.25, -0.2) is 0 Å². The normalized spacial score (nSPS) is 15.3. The van der Waals surface area contributed by atoms with Gasteiger partial charge in [-0.1, -0.05) is 41.9 Å². The smallest absolute Gasteiger partial charge is 0.248 e. The number of benzene rings is 2. The van der Waals surface area contributed by atoms with Crippen molar-refractivity contribution in [2.45, 2.75) is 13.2 Å². The van der Waals surface area contributed by atoms with Crippen molar-refractivity contribution in [3.63, 3.8) is 0 Å². The van der Waals surface area contributed by atoms with Gasteiger partial charge < -0.3 is 14.4 Å². The van der Waals surface area contributed by atoms with E-state index in [0.717, 1.165) is 22.5 Å². The number of aliphatic imine (C=N–C) groups is 1. The summed E-state index contributed by atoms with van der Waals surface area (Å²) in [4.78, 5) is 19.0. The van der Waals surface area contributed by atoms with E-state index in [1.54, 1.807) is 18.1 Å². The van der Waals surface area contributed by atoms with Crippen LogP contribution in [0.3, 0.4) is 0 Å². The molecule has 0 fully saturated rings. The number of benzodiazepines with no additional fused rings is 1. The van der Waals surface area contributed by atoms with Gasteiger partial charge in [0.25, 0.3) is 0 Å². The van der Waals surface area contributed by atoms with E-state index in [2.05, 4.69) is 4.99 Å². The fraction of sp³-hybridized carbons (Fsp3) is 0.300. The Balaban J connectivity index is 2.06. The van der Waals surface area contributed by atoms with Gasteiger partial charge in [-0.2, -0.15) is 0 Å². The van der Waals surface area contributed by atoms with Crippen molar-refractivity contribution in [1.82, 2.24) is 0 Å². The molecule has 0 bridgehead atoms. The van der Waals surface area contributed by atoms with Gasteiger partial charge in [0.15, 0.2) is 6.29 Å². The predicted octanol–water partition coefficient (Wildman–Crippen LogP) is 3.53. The second-order valence-corrected chi connectivity index (χ2v) is 6.25. The number of fused-ring (bicyclic) bond motifs is 1. The molecular weight excluding hydrogens is 352 g/mol. The number of anilines is 1. The summed E-state index contributed by atoms with van der Waals surface area (Å²) < 4.78 is 10.9. The van der Waals surface area contributed by atoms with Crippen molar-refractivity contribution in [3.8, 4) is 0 Å². The molecule has 26 heavy (non-hydrogen) atoms. The minimum atomic E-state index is -0.509. The molecule has 1 atom stereocenters. The molecule has 2 aromatic carbocycles. The fourth-order valence-corrected chi connectivity index (χ4v) is 3.13. The number of hydrogen-bond acceptors (Lipinski definition) is 4. The van der Waals surface area contributed by atoms with E-state index >= 15 is 0 Å². The third kappa shape index (κ3) is 3.96. The molecule has 3 rings (SSSR count).